The monoisotopic (exact) mass is 196 g/mol. The molecule has 0 aliphatic rings. The van der Waals surface area contributed by atoms with Gasteiger partial charge < -0.3 is 0 Å². The third-order valence-corrected chi connectivity index (χ3v) is 2.98. The second kappa shape index (κ2) is 4.28. The van der Waals surface area contributed by atoms with Gasteiger partial charge in [0.2, 0.25) is 0 Å². The molecule has 0 amide bonds. The Morgan fingerprint density at radius 2 is 2.00 bits per heavy atom. The molecule has 1 heteroatoms. The highest BCUT2D eigenvalue weighted by Gasteiger charge is 2.12. The molecule has 74 valence electrons. The quantitative estimate of drug-likeness (QED) is 0.676. The second-order valence-corrected chi connectivity index (χ2v) is 5.90. The number of aryl methyl sites for hydroxylation is 1. The van der Waals surface area contributed by atoms with Crippen molar-refractivity contribution in [1.82, 2.24) is 0 Å². The summed E-state index contributed by atoms with van der Waals surface area (Å²) in [6.07, 6.45) is 3.71. The molecule has 0 aliphatic heterocycles. The van der Waals surface area contributed by atoms with Crippen molar-refractivity contribution in [3.63, 3.8) is 0 Å². The molecule has 0 fully saturated rings. The van der Waals surface area contributed by atoms with E-state index in [-0.39, 0.29) is 0 Å². The standard InChI is InChI=1S/C12H20S/c1-5-6-11-7-10(9-13-11)8-12(2,3)4/h7,9H,5-6,8H2,1-4H3. The summed E-state index contributed by atoms with van der Waals surface area (Å²) in [6.45, 7) is 9.13. The Labute approximate surface area is 86.0 Å². The summed E-state index contributed by atoms with van der Waals surface area (Å²) in [4.78, 5) is 1.54. The van der Waals surface area contributed by atoms with Gasteiger partial charge >= 0.3 is 0 Å². The molecule has 0 saturated heterocycles. The summed E-state index contributed by atoms with van der Waals surface area (Å²) in [5, 5.41) is 2.32. The van der Waals surface area contributed by atoms with Crippen molar-refractivity contribution in [3.8, 4) is 0 Å². The van der Waals surface area contributed by atoms with Gasteiger partial charge in [-0.2, -0.15) is 0 Å². The smallest absolute Gasteiger partial charge is 0.00479 e. The summed E-state index contributed by atoms with van der Waals surface area (Å²) in [6, 6.07) is 2.37. The molecule has 0 bridgehead atoms. The van der Waals surface area contributed by atoms with E-state index in [0.717, 1.165) is 0 Å². The van der Waals surface area contributed by atoms with Gasteiger partial charge in [0.05, 0.1) is 0 Å². The lowest BCUT2D eigenvalue weighted by Gasteiger charge is -2.16. The fourth-order valence-electron chi connectivity index (χ4n) is 1.51. The van der Waals surface area contributed by atoms with Gasteiger partial charge in [0.1, 0.15) is 0 Å². The zero-order chi connectivity index (χ0) is 9.90. The van der Waals surface area contributed by atoms with Gasteiger partial charge in [-0.05, 0) is 35.3 Å². The molecular formula is C12H20S. The Morgan fingerprint density at radius 1 is 1.31 bits per heavy atom. The zero-order valence-corrected chi connectivity index (χ0v) is 10.0. The van der Waals surface area contributed by atoms with E-state index in [1.54, 1.807) is 4.88 Å². The molecule has 0 unspecified atom stereocenters. The summed E-state index contributed by atoms with van der Waals surface area (Å²) >= 11 is 1.91. The van der Waals surface area contributed by atoms with E-state index in [2.05, 4.69) is 39.1 Å². The fourth-order valence-corrected chi connectivity index (χ4v) is 2.50. The lowest BCUT2D eigenvalue weighted by atomic mass is 9.89. The summed E-state index contributed by atoms with van der Waals surface area (Å²) < 4.78 is 0. The van der Waals surface area contributed by atoms with Crippen molar-refractivity contribution in [3.05, 3.63) is 21.9 Å². The van der Waals surface area contributed by atoms with E-state index < -0.39 is 0 Å². The summed E-state index contributed by atoms with van der Waals surface area (Å²) in [5.41, 5.74) is 1.94. The Hall–Kier alpha value is -0.300. The van der Waals surface area contributed by atoms with Crippen LogP contribution in [-0.2, 0) is 12.8 Å². The number of hydrogen-bond donors (Lipinski definition) is 0. The van der Waals surface area contributed by atoms with Crippen molar-refractivity contribution in [2.75, 3.05) is 0 Å². The van der Waals surface area contributed by atoms with E-state index in [1.165, 1.54) is 24.8 Å². The maximum Gasteiger partial charge on any atom is 0.00479 e. The van der Waals surface area contributed by atoms with Gasteiger partial charge in [0, 0.05) is 4.88 Å². The van der Waals surface area contributed by atoms with Crippen molar-refractivity contribution >= 4 is 11.3 Å². The first-order chi connectivity index (χ1) is 6.01. The van der Waals surface area contributed by atoms with Crippen LogP contribution in [0.4, 0.5) is 0 Å². The predicted octanol–water partition coefficient (Wildman–Crippen LogP) is 4.29. The number of hydrogen-bond acceptors (Lipinski definition) is 1. The lowest BCUT2D eigenvalue weighted by Crippen LogP contribution is -2.08. The molecule has 13 heavy (non-hydrogen) atoms. The Morgan fingerprint density at radius 3 is 2.54 bits per heavy atom. The molecule has 0 atom stereocenters. The molecule has 0 nitrogen and oxygen atoms in total. The van der Waals surface area contributed by atoms with Crippen molar-refractivity contribution in [2.24, 2.45) is 5.41 Å². The van der Waals surface area contributed by atoms with Crippen LogP contribution in [0.25, 0.3) is 0 Å². The first-order valence-electron chi connectivity index (χ1n) is 5.07. The minimum atomic E-state index is 0.421. The third kappa shape index (κ3) is 3.95. The van der Waals surface area contributed by atoms with Crippen LogP contribution < -0.4 is 0 Å². The Bertz CT molecular complexity index is 252. The van der Waals surface area contributed by atoms with Gasteiger partial charge in [-0.15, -0.1) is 11.3 Å². The van der Waals surface area contributed by atoms with Crippen LogP contribution in [0.2, 0.25) is 0 Å². The number of rotatable bonds is 3. The molecule has 0 saturated carbocycles. The Balaban J connectivity index is 2.59. The second-order valence-electron chi connectivity index (χ2n) is 4.91. The molecule has 0 spiro atoms. The van der Waals surface area contributed by atoms with Crippen LogP contribution in [0, 0.1) is 5.41 Å². The fraction of sp³-hybridized carbons (Fsp3) is 0.667. The van der Waals surface area contributed by atoms with Crippen LogP contribution in [-0.4, -0.2) is 0 Å². The normalized spacial score (nSPS) is 12.0. The minimum absolute atomic E-state index is 0.421. The number of thiophene rings is 1. The Kier molecular flexibility index (Phi) is 3.55. The van der Waals surface area contributed by atoms with Gasteiger partial charge in [0.15, 0.2) is 0 Å². The highest BCUT2D eigenvalue weighted by Crippen LogP contribution is 2.24. The SMILES string of the molecule is CCCc1cc(CC(C)(C)C)cs1. The third-order valence-electron chi connectivity index (χ3n) is 1.94. The van der Waals surface area contributed by atoms with Gasteiger partial charge in [-0.3, -0.25) is 0 Å². The topological polar surface area (TPSA) is 0 Å². The maximum absolute atomic E-state index is 2.37. The van der Waals surface area contributed by atoms with Crippen LogP contribution >= 0.6 is 11.3 Å². The molecule has 0 aromatic carbocycles. The van der Waals surface area contributed by atoms with Gasteiger partial charge in [-0.1, -0.05) is 34.1 Å². The molecular weight excluding hydrogens is 176 g/mol. The van der Waals surface area contributed by atoms with E-state index in [4.69, 9.17) is 0 Å². The van der Waals surface area contributed by atoms with Crippen LogP contribution in [0.1, 0.15) is 44.6 Å². The van der Waals surface area contributed by atoms with E-state index in [0.29, 0.717) is 5.41 Å². The molecule has 0 radical (unpaired) electrons. The average Bonchev–Trinajstić information content (AvgIpc) is 2.33. The summed E-state index contributed by atoms with van der Waals surface area (Å²) in [5.74, 6) is 0. The summed E-state index contributed by atoms with van der Waals surface area (Å²) in [7, 11) is 0. The van der Waals surface area contributed by atoms with Gasteiger partial charge in [-0.25, -0.2) is 0 Å². The first kappa shape index (κ1) is 10.8. The molecule has 1 aromatic rings. The molecule has 1 rings (SSSR count). The van der Waals surface area contributed by atoms with E-state index >= 15 is 0 Å². The first-order valence-corrected chi connectivity index (χ1v) is 5.95. The largest absolute Gasteiger partial charge is 0.149 e. The van der Waals surface area contributed by atoms with Gasteiger partial charge in [0.25, 0.3) is 0 Å². The highest BCUT2D eigenvalue weighted by molar-refractivity contribution is 7.10. The molecule has 1 aromatic heterocycles. The van der Waals surface area contributed by atoms with E-state index in [9.17, 15) is 0 Å². The van der Waals surface area contributed by atoms with Crippen LogP contribution in [0.15, 0.2) is 11.4 Å². The predicted molar refractivity (Wildman–Crippen MR) is 61.5 cm³/mol. The molecule has 0 aliphatic carbocycles. The lowest BCUT2D eigenvalue weighted by molar-refractivity contribution is 0.412. The van der Waals surface area contributed by atoms with Crippen LogP contribution in [0.3, 0.4) is 0 Å². The van der Waals surface area contributed by atoms with E-state index in [1.807, 2.05) is 11.3 Å². The van der Waals surface area contributed by atoms with Crippen molar-refractivity contribution in [2.45, 2.75) is 47.0 Å². The minimum Gasteiger partial charge on any atom is -0.149 e. The van der Waals surface area contributed by atoms with Crippen molar-refractivity contribution < 1.29 is 0 Å². The highest BCUT2D eigenvalue weighted by atomic mass is 32.1. The molecule has 0 N–H and O–H groups in total. The molecule has 1 heterocycles. The zero-order valence-electron chi connectivity index (χ0n) is 9.18. The maximum atomic E-state index is 2.37. The van der Waals surface area contributed by atoms with Crippen molar-refractivity contribution in [1.29, 1.82) is 0 Å². The average molecular weight is 196 g/mol. The van der Waals surface area contributed by atoms with Crippen LogP contribution in [0.5, 0.6) is 0 Å².